The molecule has 2 aliphatic carbocycles. The minimum absolute atomic E-state index is 0.621. The minimum Gasteiger partial charge on any atom is -0.330 e. The quantitative estimate of drug-likeness (QED) is 0.736. The lowest BCUT2D eigenvalue weighted by atomic mass is 9.83. The Labute approximate surface area is 94.8 Å². The summed E-state index contributed by atoms with van der Waals surface area (Å²) in [6.07, 6.45) is 6.94. The fraction of sp³-hybridized carbons (Fsp3) is 1.00. The van der Waals surface area contributed by atoms with Gasteiger partial charge in [0.15, 0.2) is 0 Å². The Morgan fingerprint density at radius 2 is 1.93 bits per heavy atom. The second-order valence-corrected chi connectivity index (χ2v) is 6.64. The van der Waals surface area contributed by atoms with Gasteiger partial charge < -0.3 is 5.73 Å². The summed E-state index contributed by atoms with van der Waals surface area (Å²) in [5.74, 6) is 0.821. The summed E-state index contributed by atoms with van der Waals surface area (Å²) >= 11 is 0. The van der Waals surface area contributed by atoms with Crippen molar-refractivity contribution >= 4 is 0 Å². The first-order valence-corrected chi connectivity index (χ1v) is 6.66. The van der Waals surface area contributed by atoms with Crippen LogP contribution in [0.4, 0.5) is 0 Å². The van der Waals surface area contributed by atoms with E-state index < -0.39 is 0 Å². The third-order valence-electron chi connectivity index (χ3n) is 5.85. The molecule has 4 atom stereocenters. The van der Waals surface area contributed by atoms with Crippen LogP contribution < -0.4 is 5.73 Å². The zero-order valence-electron chi connectivity index (χ0n) is 10.9. The van der Waals surface area contributed by atoms with E-state index in [1.165, 1.54) is 32.1 Å². The molecule has 2 N–H and O–H groups in total. The van der Waals surface area contributed by atoms with Gasteiger partial charge in [-0.25, -0.2) is 0 Å². The van der Waals surface area contributed by atoms with Crippen LogP contribution in [0.2, 0.25) is 0 Å². The number of nitrogens with two attached hydrogens (primary N) is 1. The Bertz CT molecular complexity index is 260. The van der Waals surface area contributed by atoms with Crippen LogP contribution in [-0.2, 0) is 0 Å². The average molecular weight is 209 g/mol. The molecule has 1 spiro atoms. The van der Waals surface area contributed by atoms with Crippen molar-refractivity contribution in [2.24, 2.45) is 27.9 Å². The topological polar surface area (TPSA) is 26.0 Å². The SMILES string of the molecule is CCCC1(C)CC12CC2(C)[C@H](C)CCN. The third kappa shape index (κ3) is 1.32. The average Bonchev–Trinajstić information content (AvgIpc) is 2.92. The highest BCUT2D eigenvalue weighted by atomic mass is 14.9. The molecule has 0 bridgehead atoms. The molecule has 2 aliphatic rings. The molecule has 2 fully saturated rings. The van der Waals surface area contributed by atoms with Crippen molar-refractivity contribution in [3.8, 4) is 0 Å². The Morgan fingerprint density at radius 3 is 2.47 bits per heavy atom. The van der Waals surface area contributed by atoms with Crippen LogP contribution in [-0.4, -0.2) is 6.54 Å². The van der Waals surface area contributed by atoms with E-state index in [4.69, 9.17) is 5.73 Å². The van der Waals surface area contributed by atoms with E-state index in [0.717, 1.165) is 17.9 Å². The predicted octanol–water partition coefficient (Wildman–Crippen LogP) is 3.58. The lowest BCUT2D eigenvalue weighted by Crippen LogP contribution is -2.18. The molecular weight excluding hydrogens is 182 g/mol. The maximum absolute atomic E-state index is 5.69. The van der Waals surface area contributed by atoms with Crippen molar-refractivity contribution in [3.05, 3.63) is 0 Å². The normalized spacial score (nSPS) is 49.4. The van der Waals surface area contributed by atoms with Gasteiger partial charge in [-0.1, -0.05) is 34.1 Å². The first kappa shape index (κ1) is 11.4. The van der Waals surface area contributed by atoms with Gasteiger partial charge in [-0.3, -0.25) is 0 Å². The lowest BCUT2D eigenvalue weighted by molar-refractivity contribution is 0.275. The Morgan fingerprint density at radius 1 is 1.27 bits per heavy atom. The van der Waals surface area contributed by atoms with Crippen LogP contribution in [0.3, 0.4) is 0 Å². The highest BCUT2D eigenvalue weighted by molar-refractivity contribution is 5.31. The fourth-order valence-electron chi connectivity index (χ4n) is 4.47. The zero-order chi connectivity index (χ0) is 11.3. The third-order valence-corrected chi connectivity index (χ3v) is 5.85. The lowest BCUT2D eigenvalue weighted by Gasteiger charge is -2.22. The Balaban J connectivity index is 2.01. The van der Waals surface area contributed by atoms with E-state index in [1.54, 1.807) is 0 Å². The first-order chi connectivity index (χ1) is 6.96. The molecule has 0 saturated heterocycles. The summed E-state index contributed by atoms with van der Waals surface area (Å²) in [5, 5.41) is 0. The fourth-order valence-corrected chi connectivity index (χ4v) is 4.47. The van der Waals surface area contributed by atoms with Crippen LogP contribution in [0, 0.1) is 22.2 Å². The van der Waals surface area contributed by atoms with E-state index in [-0.39, 0.29) is 0 Å². The standard InChI is InChI=1S/C14H27N/c1-5-7-12(3)9-14(12)10-13(14,4)11(2)6-8-15/h11H,5-10,15H2,1-4H3/t11-,12?,13?,14?/m1/s1. The molecule has 3 unspecified atom stereocenters. The molecule has 2 rings (SSSR count). The molecule has 88 valence electrons. The molecule has 1 nitrogen and oxygen atoms in total. The van der Waals surface area contributed by atoms with Crippen LogP contribution in [0.25, 0.3) is 0 Å². The maximum Gasteiger partial charge on any atom is -0.00745 e. The van der Waals surface area contributed by atoms with Crippen molar-refractivity contribution in [2.75, 3.05) is 6.54 Å². The summed E-state index contributed by atoms with van der Waals surface area (Å²) in [5.41, 5.74) is 7.72. The Kier molecular flexibility index (Phi) is 2.46. The molecule has 0 heterocycles. The van der Waals surface area contributed by atoms with Gasteiger partial charge in [0.05, 0.1) is 0 Å². The van der Waals surface area contributed by atoms with E-state index in [0.29, 0.717) is 10.8 Å². The molecule has 0 aromatic heterocycles. The van der Waals surface area contributed by atoms with Crippen molar-refractivity contribution < 1.29 is 0 Å². The molecule has 0 aliphatic heterocycles. The molecule has 0 aromatic rings. The number of hydrogen-bond acceptors (Lipinski definition) is 1. The second kappa shape index (κ2) is 3.23. The minimum atomic E-state index is 0.621. The monoisotopic (exact) mass is 209 g/mol. The first-order valence-electron chi connectivity index (χ1n) is 6.66. The van der Waals surface area contributed by atoms with Crippen LogP contribution in [0.5, 0.6) is 0 Å². The molecular formula is C14H27N. The van der Waals surface area contributed by atoms with Gasteiger partial charge in [0, 0.05) is 0 Å². The number of rotatable bonds is 5. The highest BCUT2D eigenvalue weighted by Gasteiger charge is 2.82. The predicted molar refractivity (Wildman–Crippen MR) is 65.6 cm³/mol. The second-order valence-electron chi connectivity index (χ2n) is 6.64. The molecule has 0 amide bonds. The van der Waals surface area contributed by atoms with E-state index in [1.807, 2.05) is 0 Å². The van der Waals surface area contributed by atoms with Gasteiger partial charge in [0.1, 0.15) is 0 Å². The van der Waals surface area contributed by atoms with Gasteiger partial charge in [-0.05, 0) is 54.4 Å². The van der Waals surface area contributed by atoms with Crippen LogP contribution >= 0.6 is 0 Å². The van der Waals surface area contributed by atoms with Gasteiger partial charge in [-0.15, -0.1) is 0 Å². The van der Waals surface area contributed by atoms with Crippen molar-refractivity contribution in [1.29, 1.82) is 0 Å². The zero-order valence-corrected chi connectivity index (χ0v) is 10.9. The molecule has 0 radical (unpaired) electrons. The smallest absolute Gasteiger partial charge is 0.00745 e. The van der Waals surface area contributed by atoms with Gasteiger partial charge in [0.25, 0.3) is 0 Å². The van der Waals surface area contributed by atoms with E-state index >= 15 is 0 Å². The summed E-state index contributed by atoms with van der Waals surface area (Å²) in [7, 11) is 0. The van der Waals surface area contributed by atoms with E-state index in [9.17, 15) is 0 Å². The molecule has 2 saturated carbocycles. The van der Waals surface area contributed by atoms with Crippen LogP contribution in [0.15, 0.2) is 0 Å². The van der Waals surface area contributed by atoms with Crippen LogP contribution in [0.1, 0.15) is 59.8 Å². The summed E-state index contributed by atoms with van der Waals surface area (Å²) in [6.45, 7) is 10.6. The van der Waals surface area contributed by atoms with Gasteiger partial charge in [-0.2, -0.15) is 0 Å². The van der Waals surface area contributed by atoms with Gasteiger partial charge in [0.2, 0.25) is 0 Å². The Hall–Kier alpha value is -0.0400. The highest BCUT2D eigenvalue weighted by Crippen LogP contribution is 2.90. The molecule has 15 heavy (non-hydrogen) atoms. The summed E-state index contributed by atoms with van der Waals surface area (Å²) in [4.78, 5) is 0. The molecule has 1 heteroatoms. The number of hydrogen-bond donors (Lipinski definition) is 1. The van der Waals surface area contributed by atoms with Gasteiger partial charge >= 0.3 is 0 Å². The summed E-state index contributed by atoms with van der Waals surface area (Å²) in [6, 6.07) is 0. The summed E-state index contributed by atoms with van der Waals surface area (Å²) < 4.78 is 0. The molecule has 0 aromatic carbocycles. The largest absolute Gasteiger partial charge is 0.330 e. The maximum atomic E-state index is 5.69. The van der Waals surface area contributed by atoms with E-state index in [2.05, 4.69) is 27.7 Å². The van der Waals surface area contributed by atoms with Crippen molar-refractivity contribution in [1.82, 2.24) is 0 Å². The van der Waals surface area contributed by atoms with Crippen molar-refractivity contribution in [2.45, 2.75) is 59.8 Å². The van der Waals surface area contributed by atoms with Crippen molar-refractivity contribution in [3.63, 3.8) is 0 Å².